The van der Waals surface area contributed by atoms with Crippen LogP contribution in [0.5, 0.6) is 5.75 Å². The van der Waals surface area contributed by atoms with Gasteiger partial charge < -0.3 is 14.2 Å². The van der Waals surface area contributed by atoms with Crippen LogP contribution in [0.1, 0.15) is 29.6 Å². The Morgan fingerprint density at radius 1 is 1.17 bits per heavy atom. The molecule has 1 aromatic rings. The summed E-state index contributed by atoms with van der Waals surface area (Å²) >= 11 is 0. The van der Waals surface area contributed by atoms with Crippen molar-refractivity contribution in [3.05, 3.63) is 46.2 Å². The van der Waals surface area contributed by atoms with E-state index in [1.54, 1.807) is 38.4 Å². The predicted molar refractivity (Wildman–Crippen MR) is 112 cm³/mol. The molecule has 2 fully saturated rings. The molecule has 1 aliphatic carbocycles. The van der Waals surface area contributed by atoms with Crippen molar-refractivity contribution in [2.24, 2.45) is 11.1 Å². The molecule has 10 heteroatoms. The van der Waals surface area contributed by atoms with E-state index in [0.29, 0.717) is 42.2 Å². The van der Waals surface area contributed by atoms with Crippen molar-refractivity contribution in [3.63, 3.8) is 0 Å². The molecule has 1 atom stereocenters. The summed E-state index contributed by atoms with van der Waals surface area (Å²) < 4.78 is 28.8. The van der Waals surface area contributed by atoms with Crippen LogP contribution in [0.3, 0.4) is 0 Å². The van der Waals surface area contributed by atoms with Crippen molar-refractivity contribution in [3.8, 4) is 5.75 Å². The molecule has 30 heavy (non-hydrogen) atoms. The van der Waals surface area contributed by atoms with E-state index in [4.69, 9.17) is 9.26 Å². The summed E-state index contributed by atoms with van der Waals surface area (Å²) in [6.45, 7) is 3.63. The van der Waals surface area contributed by atoms with Gasteiger partial charge >= 0.3 is 7.67 Å². The monoisotopic (exact) mass is 434 g/mol. The lowest BCUT2D eigenvalue weighted by molar-refractivity contribution is 0.0827. The van der Waals surface area contributed by atoms with Crippen molar-refractivity contribution in [2.45, 2.75) is 19.3 Å². The van der Waals surface area contributed by atoms with Crippen LogP contribution in [0.4, 0.5) is 0 Å². The number of rotatable bonds is 9. The molecule has 162 valence electrons. The van der Waals surface area contributed by atoms with E-state index in [0.717, 1.165) is 32.6 Å². The zero-order chi connectivity index (χ0) is 21.3. The van der Waals surface area contributed by atoms with Crippen molar-refractivity contribution in [1.82, 2.24) is 14.2 Å². The van der Waals surface area contributed by atoms with Gasteiger partial charge in [-0.05, 0) is 48.2 Å². The molecular formula is C20H27N4O5P. The van der Waals surface area contributed by atoms with Crippen LogP contribution in [0.25, 0.3) is 0 Å². The molecule has 4 rings (SSSR count). The number of amides is 1. The van der Waals surface area contributed by atoms with E-state index >= 15 is 0 Å². The Bertz CT molecular complexity index is 877. The van der Waals surface area contributed by atoms with E-state index in [-0.39, 0.29) is 11.8 Å². The van der Waals surface area contributed by atoms with Crippen LogP contribution in [0.15, 0.2) is 40.9 Å². The standard InChI is InChI=1S/C20H27N4O5P/c1-22(2)20(25)16-4-6-17(7-5-16)29-19-13-15(3-8-18(19)21-26)14-28-30(27,23-9-10-23)24-11-12-24/h4-7,15H,3,8-14H2,1-2H3. The van der Waals surface area contributed by atoms with E-state index in [2.05, 4.69) is 5.18 Å². The fourth-order valence-electron chi connectivity index (χ4n) is 3.51. The molecule has 2 aliphatic heterocycles. The summed E-state index contributed by atoms with van der Waals surface area (Å²) in [5.74, 6) is 1.08. The summed E-state index contributed by atoms with van der Waals surface area (Å²) in [5, 5.41) is 3.15. The molecule has 1 amide bonds. The highest BCUT2D eigenvalue weighted by Gasteiger charge is 2.49. The lowest BCUT2D eigenvalue weighted by atomic mass is 9.92. The van der Waals surface area contributed by atoms with E-state index in [1.165, 1.54) is 4.90 Å². The number of hydrogen-bond acceptors (Lipinski definition) is 6. The number of ether oxygens (including phenoxy) is 1. The number of nitroso groups, excluding NO2 is 1. The number of allylic oxidation sites excluding steroid dienone is 2. The average Bonchev–Trinajstić information content (AvgIpc) is 3.64. The highest BCUT2D eigenvalue weighted by molar-refractivity contribution is 7.54. The first kappa shape index (κ1) is 21.2. The molecule has 3 aliphatic rings. The second-order valence-corrected chi connectivity index (χ2v) is 10.5. The molecule has 2 saturated heterocycles. The van der Waals surface area contributed by atoms with E-state index in [9.17, 15) is 14.3 Å². The number of carbonyl (C=O) groups is 1. The predicted octanol–water partition coefficient (Wildman–Crippen LogP) is 3.30. The Labute approximate surface area is 176 Å². The summed E-state index contributed by atoms with van der Waals surface area (Å²) in [6.07, 6.45) is 1.74. The molecular weight excluding hydrogens is 407 g/mol. The Morgan fingerprint density at radius 2 is 1.80 bits per heavy atom. The van der Waals surface area contributed by atoms with E-state index < -0.39 is 7.67 Å². The summed E-state index contributed by atoms with van der Waals surface area (Å²) in [7, 11) is 0.545. The summed E-state index contributed by atoms with van der Waals surface area (Å²) in [6, 6.07) is 6.81. The van der Waals surface area contributed by atoms with Gasteiger partial charge in [-0.15, -0.1) is 4.91 Å². The highest BCUT2D eigenvalue weighted by Crippen LogP contribution is 2.61. The molecule has 0 aromatic heterocycles. The van der Waals surface area contributed by atoms with Gasteiger partial charge in [0, 0.05) is 52.3 Å². The van der Waals surface area contributed by atoms with Gasteiger partial charge in [0.25, 0.3) is 5.91 Å². The minimum Gasteiger partial charge on any atom is -0.460 e. The summed E-state index contributed by atoms with van der Waals surface area (Å²) in [4.78, 5) is 24.8. The third-order valence-corrected chi connectivity index (χ3v) is 8.20. The molecule has 0 bridgehead atoms. The minimum atomic E-state index is -2.85. The van der Waals surface area contributed by atoms with Crippen LogP contribution in [-0.4, -0.2) is 67.0 Å². The number of carbonyl (C=O) groups excluding carboxylic acids is 1. The molecule has 0 saturated carbocycles. The molecule has 0 spiro atoms. The van der Waals surface area contributed by atoms with Crippen molar-refractivity contribution >= 4 is 13.6 Å². The number of nitrogens with zero attached hydrogens (tertiary/aromatic N) is 4. The average molecular weight is 434 g/mol. The number of hydrogen-bond donors (Lipinski definition) is 0. The fourth-order valence-corrected chi connectivity index (χ4v) is 5.79. The first-order valence-electron chi connectivity index (χ1n) is 10.2. The van der Waals surface area contributed by atoms with Gasteiger partial charge in [-0.3, -0.25) is 9.36 Å². The second-order valence-electron chi connectivity index (χ2n) is 8.09. The van der Waals surface area contributed by atoms with Gasteiger partial charge in [-0.2, -0.15) is 0 Å². The normalized spacial score (nSPS) is 22.0. The molecule has 0 N–H and O–H groups in total. The molecule has 1 unspecified atom stereocenters. The maximum atomic E-state index is 13.1. The van der Waals surface area contributed by atoms with E-state index in [1.807, 2.05) is 9.34 Å². The van der Waals surface area contributed by atoms with Gasteiger partial charge in [-0.25, -0.2) is 9.34 Å². The van der Waals surface area contributed by atoms with Crippen molar-refractivity contribution < 1.29 is 18.6 Å². The number of benzene rings is 1. The molecule has 9 nitrogen and oxygen atoms in total. The van der Waals surface area contributed by atoms with Gasteiger partial charge in [0.15, 0.2) is 0 Å². The van der Waals surface area contributed by atoms with Crippen molar-refractivity contribution in [2.75, 3.05) is 46.9 Å². The first-order valence-corrected chi connectivity index (χ1v) is 11.7. The Morgan fingerprint density at radius 3 is 2.33 bits per heavy atom. The largest absolute Gasteiger partial charge is 0.460 e. The first-order chi connectivity index (χ1) is 14.4. The van der Waals surface area contributed by atoms with Crippen LogP contribution >= 0.6 is 7.67 Å². The topological polar surface area (TPSA) is 91.3 Å². The Balaban J connectivity index is 1.39. The quantitative estimate of drug-likeness (QED) is 0.335. The Kier molecular flexibility index (Phi) is 6.06. The maximum Gasteiger partial charge on any atom is 0.346 e. The zero-order valence-electron chi connectivity index (χ0n) is 17.3. The SMILES string of the molecule is CN(C)C(=O)c1ccc(OC2=C(N=O)CCC(COP(=O)(N3CC3)N3CC3)C2)cc1. The fraction of sp³-hybridized carbons (Fsp3) is 0.550. The van der Waals surface area contributed by atoms with Crippen LogP contribution in [0, 0.1) is 10.8 Å². The lowest BCUT2D eigenvalue weighted by Crippen LogP contribution is -2.21. The van der Waals surface area contributed by atoms with Gasteiger partial charge in [0.2, 0.25) is 0 Å². The van der Waals surface area contributed by atoms with Crippen LogP contribution in [0.2, 0.25) is 0 Å². The third kappa shape index (κ3) is 4.64. The molecule has 2 heterocycles. The third-order valence-electron chi connectivity index (χ3n) is 5.48. The maximum absolute atomic E-state index is 13.1. The molecule has 0 radical (unpaired) electrons. The zero-order valence-corrected chi connectivity index (χ0v) is 18.2. The molecule has 1 aromatic carbocycles. The van der Waals surface area contributed by atoms with Crippen LogP contribution < -0.4 is 4.74 Å². The minimum absolute atomic E-state index is 0.0897. The van der Waals surface area contributed by atoms with Gasteiger partial charge in [0.1, 0.15) is 17.2 Å². The van der Waals surface area contributed by atoms with Crippen molar-refractivity contribution in [1.29, 1.82) is 0 Å². The van der Waals surface area contributed by atoms with Gasteiger partial charge in [-0.1, -0.05) is 0 Å². The Hall–Kier alpha value is -2.06. The second kappa shape index (κ2) is 8.59. The summed E-state index contributed by atoms with van der Waals surface area (Å²) in [5.41, 5.74) is 0.964. The highest BCUT2D eigenvalue weighted by atomic mass is 31.2. The van der Waals surface area contributed by atoms with Crippen LogP contribution in [-0.2, 0) is 9.09 Å². The van der Waals surface area contributed by atoms with Gasteiger partial charge in [0.05, 0.1) is 6.61 Å². The lowest BCUT2D eigenvalue weighted by Gasteiger charge is -2.27. The smallest absolute Gasteiger partial charge is 0.346 e.